The summed E-state index contributed by atoms with van der Waals surface area (Å²) in [6.45, 7) is 0. The quantitative estimate of drug-likeness (QED) is 0.166. The molecule has 3 heterocycles. The minimum absolute atomic E-state index is 1.15. The van der Waals surface area contributed by atoms with E-state index in [1.54, 1.807) is 0 Å². The summed E-state index contributed by atoms with van der Waals surface area (Å²) in [5, 5.41) is 7.68. The maximum absolute atomic E-state index is 2.41. The number of hydrogen-bond donors (Lipinski definition) is 0. The van der Waals surface area contributed by atoms with Gasteiger partial charge in [0.25, 0.3) is 0 Å². The number of fused-ring (bicyclic) bond motifs is 9. The van der Waals surface area contributed by atoms with Gasteiger partial charge in [-0.25, -0.2) is 0 Å². The van der Waals surface area contributed by atoms with Gasteiger partial charge in [0.05, 0.1) is 22.1 Å². The Morgan fingerprint density at radius 3 is 1.11 bits per heavy atom. The third-order valence-corrected chi connectivity index (χ3v) is 12.8. The first-order valence-corrected chi connectivity index (χ1v) is 20.3. The van der Waals surface area contributed by atoms with E-state index < -0.39 is 0 Å². The molecule has 0 atom stereocenters. The second kappa shape index (κ2) is 12.7. The number of aromatic nitrogens is 2. The Morgan fingerprint density at radius 1 is 0.246 bits per heavy atom. The van der Waals surface area contributed by atoms with Crippen molar-refractivity contribution in [2.24, 2.45) is 0 Å². The fourth-order valence-corrected chi connectivity index (χ4v) is 10.2. The molecule has 3 aromatic heterocycles. The molecule has 0 aliphatic heterocycles. The SMILES string of the molecule is c1cc(-c2cc(-c3cccc(-n4c5ccccc5c5ccccc54)c3)cc(-c3ccc4sc5ccccc5c4c3)c2)cc(-n2c3ccccc3c3ccccc32)c1. The van der Waals surface area contributed by atoms with E-state index in [0.29, 0.717) is 0 Å². The van der Waals surface area contributed by atoms with Gasteiger partial charge in [-0.2, -0.15) is 0 Å². The van der Waals surface area contributed by atoms with Crippen LogP contribution in [0, 0.1) is 0 Å². The molecule has 0 saturated heterocycles. The van der Waals surface area contributed by atoms with Crippen LogP contribution in [-0.4, -0.2) is 9.13 Å². The lowest BCUT2D eigenvalue weighted by atomic mass is 9.92. The Hall–Kier alpha value is -7.20. The molecular formula is C54H34N2S. The molecule has 0 aliphatic carbocycles. The van der Waals surface area contributed by atoms with E-state index in [2.05, 4.69) is 215 Å². The number of thiophene rings is 1. The van der Waals surface area contributed by atoms with Gasteiger partial charge in [0, 0.05) is 53.1 Å². The third-order valence-electron chi connectivity index (χ3n) is 11.7. The van der Waals surface area contributed by atoms with Gasteiger partial charge in [0.2, 0.25) is 0 Å². The number of para-hydroxylation sites is 4. The Morgan fingerprint density at radius 2 is 0.632 bits per heavy atom. The first-order chi connectivity index (χ1) is 28.2. The lowest BCUT2D eigenvalue weighted by Crippen LogP contribution is -1.95. The molecule has 3 heteroatoms. The predicted molar refractivity (Wildman–Crippen MR) is 244 cm³/mol. The fraction of sp³-hybridized carbons (Fsp3) is 0. The second-order valence-electron chi connectivity index (χ2n) is 14.9. The van der Waals surface area contributed by atoms with Gasteiger partial charge in [-0.1, -0.05) is 121 Å². The smallest absolute Gasteiger partial charge is 0.0541 e. The first-order valence-electron chi connectivity index (χ1n) is 19.5. The summed E-state index contributed by atoms with van der Waals surface area (Å²) in [5.41, 5.74) is 14.3. The molecule has 0 N–H and O–H groups in total. The zero-order valence-corrected chi connectivity index (χ0v) is 31.7. The van der Waals surface area contributed by atoms with E-state index in [4.69, 9.17) is 0 Å². The summed E-state index contributed by atoms with van der Waals surface area (Å²) in [5.74, 6) is 0. The van der Waals surface area contributed by atoms with Crippen molar-refractivity contribution in [3.63, 3.8) is 0 Å². The van der Waals surface area contributed by atoms with Crippen molar-refractivity contribution < 1.29 is 0 Å². The highest BCUT2D eigenvalue weighted by Gasteiger charge is 2.16. The summed E-state index contributed by atoms with van der Waals surface area (Å²) in [4.78, 5) is 0. The van der Waals surface area contributed by atoms with E-state index in [-0.39, 0.29) is 0 Å². The number of nitrogens with zero attached hydrogens (tertiary/aromatic N) is 2. The van der Waals surface area contributed by atoms with Crippen LogP contribution in [0.25, 0.3) is 109 Å². The highest BCUT2D eigenvalue weighted by molar-refractivity contribution is 7.25. The van der Waals surface area contributed by atoms with Gasteiger partial charge in [-0.15, -0.1) is 11.3 Å². The summed E-state index contributed by atoms with van der Waals surface area (Å²) >= 11 is 1.86. The van der Waals surface area contributed by atoms with Crippen molar-refractivity contribution in [1.29, 1.82) is 0 Å². The van der Waals surface area contributed by atoms with Gasteiger partial charge in [0.1, 0.15) is 0 Å². The normalized spacial score (nSPS) is 11.9. The van der Waals surface area contributed by atoms with Gasteiger partial charge >= 0.3 is 0 Å². The summed E-state index contributed by atoms with van der Waals surface area (Å²) in [6.07, 6.45) is 0. The first kappa shape index (κ1) is 32.1. The summed E-state index contributed by atoms with van der Waals surface area (Å²) in [7, 11) is 0. The third kappa shape index (κ3) is 5.10. The van der Waals surface area contributed by atoms with Crippen LogP contribution in [0.3, 0.4) is 0 Å². The lowest BCUT2D eigenvalue weighted by Gasteiger charge is -2.15. The maximum atomic E-state index is 2.41. The van der Waals surface area contributed by atoms with Gasteiger partial charge in [0.15, 0.2) is 0 Å². The summed E-state index contributed by atoms with van der Waals surface area (Å²) < 4.78 is 7.45. The number of benzene rings is 9. The van der Waals surface area contributed by atoms with Crippen LogP contribution in [0.2, 0.25) is 0 Å². The monoisotopic (exact) mass is 742 g/mol. The minimum atomic E-state index is 1.15. The Labute approximate surface area is 333 Å². The number of hydrogen-bond acceptors (Lipinski definition) is 1. The van der Waals surface area contributed by atoms with Crippen LogP contribution in [0.15, 0.2) is 206 Å². The molecule has 2 nitrogen and oxygen atoms in total. The molecule has 0 fully saturated rings. The molecule has 266 valence electrons. The van der Waals surface area contributed by atoms with E-state index in [1.165, 1.54) is 97.2 Å². The minimum Gasteiger partial charge on any atom is -0.309 e. The molecule has 57 heavy (non-hydrogen) atoms. The van der Waals surface area contributed by atoms with Crippen molar-refractivity contribution in [3.05, 3.63) is 206 Å². The second-order valence-corrected chi connectivity index (χ2v) is 16.0. The highest BCUT2D eigenvalue weighted by Crippen LogP contribution is 2.40. The average molecular weight is 743 g/mol. The predicted octanol–water partition coefficient (Wildman–Crippen LogP) is 15.2. The van der Waals surface area contributed by atoms with E-state index >= 15 is 0 Å². The molecule has 0 amide bonds. The van der Waals surface area contributed by atoms with Crippen molar-refractivity contribution in [3.8, 4) is 44.8 Å². The van der Waals surface area contributed by atoms with Crippen LogP contribution in [0.4, 0.5) is 0 Å². The zero-order chi connectivity index (χ0) is 37.5. The van der Waals surface area contributed by atoms with Crippen molar-refractivity contribution >= 4 is 75.1 Å². The van der Waals surface area contributed by atoms with Crippen LogP contribution in [0.5, 0.6) is 0 Å². The highest BCUT2D eigenvalue weighted by atomic mass is 32.1. The van der Waals surface area contributed by atoms with Crippen molar-refractivity contribution in [2.75, 3.05) is 0 Å². The van der Waals surface area contributed by atoms with E-state index in [1.807, 2.05) is 11.3 Å². The zero-order valence-electron chi connectivity index (χ0n) is 30.9. The van der Waals surface area contributed by atoms with Crippen molar-refractivity contribution in [2.45, 2.75) is 0 Å². The van der Waals surface area contributed by atoms with Crippen LogP contribution < -0.4 is 0 Å². The molecule has 0 aliphatic rings. The number of rotatable bonds is 5. The van der Waals surface area contributed by atoms with Gasteiger partial charge < -0.3 is 9.13 Å². The largest absolute Gasteiger partial charge is 0.309 e. The molecule has 0 bridgehead atoms. The molecule has 12 aromatic rings. The van der Waals surface area contributed by atoms with Crippen LogP contribution in [0.1, 0.15) is 0 Å². The molecular weight excluding hydrogens is 709 g/mol. The van der Waals surface area contributed by atoms with Crippen molar-refractivity contribution in [1.82, 2.24) is 9.13 Å². The standard InChI is InChI=1S/C54H34N2S/c1-6-22-49-43(17-1)44-18-2-7-23-50(44)55(49)41-15-11-13-35(32-41)38-29-39(31-40(30-38)37-27-28-54-48(34-37)47-21-5-10-26-53(47)57-54)36-14-12-16-42(33-36)56-51-24-8-3-19-45(51)46-20-4-9-25-52(46)56/h1-34H. The molecule has 9 aromatic carbocycles. The molecule has 0 spiro atoms. The van der Waals surface area contributed by atoms with Gasteiger partial charge in [-0.3, -0.25) is 0 Å². The average Bonchev–Trinajstić information content (AvgIpc) is 3.94. The fourth-order valence-electron chi connectivity index (χ4n) is 9.08. The topological polar surface area (TPSA) is 9.86 Å². The molecule has 0 unspecified atom stereocenters. The Bertz CT molecular complexity index is 3260. The lowest BCUT2D eigenvalue weighted by molar-refractivity contribution is 1.18. The molecule has 0 radical (unpaired) electrons. The Kier molecular flexibility index (Phi) is 7.13. The maximum Gasteiger partial charge on any atom is 0.0541 e. The van der Waals surface area contributed by atoms with E-state index in [9.17, 15) is 0 Å². The van der Waals surface area contributed by atoms with Crippen LogP contribution in [-0.2, 0) is 0 Å². The molecule has 0 saturated carbocycles. The van der Waals surface area contributed by atoms with E-state index in [0.717, 1.165) is 11.4 Å². The summed E-state index contributed by atoms with van der Waals surface area (Å²) in [6, 6.07) is 75.9. The Balaban J connectivity index is 1.07. The van der Waals surface area contributed by atoms with Gasteiger partial charge in [-0.05, 0) is 118 Å². The van der Waals surface area contributed by atoms with Crippen LogP contribution >= 0.6 is 11.3 Å². The molecule has 12 rings (SSSR count).